The number of aliphatic imine (C=N–C) groups is 1. The van der Waals surface area contributed by atoms with Gasteiger partial charge in [-0.3, -0.25) is 0 Å². The summed E-state index contributed by atoms with van der Waals surface area (Å²) in [7, 11) is -1.70. The standard InChI is InChI=1S/C12H15ClFNOSi/c1-9(16-17(2,3)4)15-8-10-7-11(14)5-6-12(10)13/h5-8H,1H2,2-4H3/b15-8+. The molecule has 0 fully saturated rings. The molecule has 0 amide bonds. The van der Waals surface area contributed by atoms with Crippen LogP contribution < -0.4 is 0 Å². The van der Waals surface area contributed by atoms with E-state index in [4.69, 9.17) is 16.0 Å². The van der Waals surface area contributed by atoms with Crippen molar-refractivity contribution < 1.29 is 8.82 Å². The van der Waals surface area contributed by atoms with Crippen molar-refractivity contribution in [3.8, 4) is 0 Å². The van der Waals surface area contributed by atoms with Crippen LogP contribution >= 0.6 is 11.6 Å². The van der Waals surface area contributed by atoms with Gasteiger partial charge in [-0.1, -0.05) is 11.6 Å². The zero-order chi connectivity index (χ0) is 13.1. The Bertz CT molecular complexity index is 454. The highest BCUT2D eigenvalue weighted by Crippen LogP contribution is 2.16. The van der Waals surface area contributed by atoms with E-state index in [0.29, 0.717) is 16.5 Å². The van der Waals surface area contributed by atoms with Gasteiger partial charge in [0.1, 0.15) is 5.82 Å². The molecule has 0 spiro atoms. The van der Waals surface area contributed by atoms with E-state index in [0.717, 1.165) is 0 Å². The van der Waals surface area contributed by atoms with Crippen LogP contribution in [-0.2, 0) is 4.43 Å². The largest absolute Gasteiger partial charge is 0.532 e. The normalized spacial score (nSPS) is 11.8. The Morgan fingerprint density at radius 3 is 2.71 bits per heavy atom. The van der Waals surface area contributed by atoms with Gasteiger partial charge in [0.15, 0.2) is 5.88 Å². The second-order valence-electron chi connectivity index (χ2n) is 4.53. The number of nitrogens with zero attached hydrogens (tertiary/aromatic N) is 1. The Morgan fingerprint density at radius 2 is 2.12 bits per heavy atom. The van der Waals surface area contributed by atoms with Crippen LogP contribution in [0.3, 0.4) is 0 Å². The highest BCUT2D eigenvalue weighted by atomic mass is 35.5. The van der Waals surface area contributed by atoms with Gasteiger partial charge in [-0.15, -0.1) is 0 Å². The molecule has 0 aliphatic heterocycles. The van der Waals surface area contributed by atoms with Crippen LogP contribution in [0.15, 0.2) is 35.7 Å². The smallest absolute Gasteiger partial charge is 0.244 e. The molecule has 1 aromatic rings. The molecular weight excluding hydrogens is 257 g/mol. The summed E-state index contributed by atoms with van der Waals surface area (Å²) in [5.74, 6) is -0.0305. The van der Waals surface area contributed by atoms with E-state index in [2.05, 4.69) is 11.6 Å². The molecule has 2 nitrogen and oxygen atoms in total. The van der Waals surface area contributed by atoms with Crippen molar-refractivity contribution in [3.63, 3.8) is 0 Å². The SMILES string of the molecule is C=C(/N=C/c1cc(F)ccc1Cl)O[Si](C)(C)C. The molecule has 0 heterocycles. The van der Waals surface area contributed by atoms with Crippen molar-refractivity contribution >= 4 is 26.1 Å². The second kappa shape index (κ2) is 5.47. The Labute approximate surface area is 107 Å². The van der Waals surface area contributed by atoms with Gasteiger partial charge in [0.2, 0.25) is 8.32 Å². The fourth-order valence-electron chi connectivity index (χ4n) is 1.13. The van der Waals surface area contributed by atoms with Crippen LogP contribution in [0.4, 0.5) is 4.39 Å². The summed E-state index contributed by atoms with van der Waals surface area (Å²) < 4.78 is 18.5. The number of hydrogen-bond donors (Lipinski definition) is 0. The van der Waals surface area contributed by atoms with E-state index in [9.17, 15) is 4.39 Å². The lowest BCUT2D eigenvalue weighted by Gasteiger charge is -2.17. The average Bonchev–Trinajstić information content (AvgIpc) is 2.17. The maximum absolute atomic E-state index is 13.0. The number of benzene rings is 1. The van der Waals surface area contributed by atoms with Crippen molar-refractivity contribution in [2.45, 2.75) is 19.6 Å². The summed E-state index contributed by atoms with van der Waals surface area (Å²) in [4.78, 5) is 4.02. The van der Waals surface area contributed by atoms with Crippen molar-refractivity contribution in [1.29, 1.82) is 0 Å². The maximum Gasteiger partial charge on any atom is 0.244 e. The van der Waals surface area contributed by atoms with Gasteiger partial charge < -0.3 is 4.43 Å². The number of rotatable bonds is 4. The molecule has 5 heteroatoms. The minimum Gasteiger partial charge on any atom is -0.532 e. The van der Waals surface area contributed by atoms with Crippen molar-refractivity contribution in [1.82, 2.24) is 0 Å². The Morgan fingerprint density at radius 1 is 1.47 bits per heavy atom. The summed E-state index contributed by atoms with van der Waals surface area (Å²) >= 11 is 5.89. The van der Waals surface area contributed by atoms with Crippen LogP contribution in [0, 0.1) is 5.82 Å². The van der Waals surface area contributed by atoms with Crippen molar-refractivity contribution in [3.05, 3.63) is 47.1 Å². The molecule has 0 aliphatic rings. The third-order valence-electron chi connectivity index (χ3n) is 1.73. The van der Waals surface area contributed by atoms with Gasteiger partial charge in [0.25, 0.3) is 0 Å². The third-order valence-corrected chi connectivity index (χ3v) is 2.92. The summed E-state index contributed by atoms with van der Waals surface area (Å²) in [6, 6.07) is 4.10. The lowest BCUT2D eigenvalue weighted by molar-refractivity contribution is 0.421. The Hall–Kier alpha value is -1.13. The quantitative estimate of drug-likeness (QED) is 0.456. The van der Waals surface area contributed by atoms with Crippen LogP contribution in [0.2, 0.25) is 24.7 Å². The molecule has 1 rings (SSSR count). The molecule has 0 atom stereocenters. The van der Waals surface area contributed by atoms with Crippen LogP contribution in [0.1, 0.15) is 5.56 Å². The van der Waals surface area contributed by atoms with Gasteiger partial charge in [-0.25, -0.2) is 9.38 Å². The minimum absolute atomic E-state index is 0.324. The monoisotopic (exact) mass is 271 g/mol. The topological polar surface area (TPSA) is 21.6 Å². The van der Waals surface area contributed by atoms with Crippen molar-refractivity contribution in [2.75, 3.05) is 0 Å². The van der Waals surface area contributed by atoms with Crippen LogP contribution in [0.25, 0.3) is 0 Å². The van der Waals surface area contributed by atoms with Crippen LogP contribution in [0.5, 0.6) is 0 Å². The molecule has 0 radical (unpaired) electrons. The molecular formula is C12H15ClFNOSi. The van der Waals surface area contributed by atoms with E-state index in [-0.39, 0.29) is 5.82 Å². The highest BCUT2D eigenvalue weighted by Gasteiger charge is 2.16. The summed E-state index contributed by atoms with van der Waals surface area (Å²) in [6.45, 7) is 9.78. The van der Waals surface area contributed by atoms with Gasteiger partial charge in [-0.2, -0.15) is 0 Å². The Balaban J connectivity index is 2.77. The predicted octanol–water partition coefficient (Wildman–Crippen LogP) is 4.22. The van der Waals surface area contributed by atoms with E-state index in [1.54, 1.807) is 0 Å². The predicted molar refractivity (Wildman–Crippen MR) is 72.6 cm³/mol. The van der Waals surface area contributed by atoms with E-state index in [1.165, 1.54) is 24.4 Å². The average molecular weight is 272 g/mol. The van der Waals surface area contributed by atoms with Gasteiger partial charge >= 0.3 is 0 Å². The molecule has 0 aromatic heterocycles. The van der Waals surface area contributed by atoms with Gasteiger partial charge in [0.05, 0.1) is 0 Å². The first kappa shape index (κ1) is 13.9. The van der Waals surface area contributed by atoms with Crippen molar-refractivity contribution in [2.24, 2.45) is 4.99 Å². The van der Waals surface area contributed by atoms with E-state index >= 15 is 0 Å². The molecule has 1 aromatic carbocycles. The molecule has 0 saturated heterocycles. The first-order valence-electron chi connectivity index (χ1n) is 5.15. The Kier molecular flexibility index (Phi) is 4.48. The van der Waals surface area contributed by atoms with E-state index in [1.807, 2.05) is 19.6 Å². The lowest BCUT2D eigenvalue weighted by atomic mass is 10.2. The second-order valence-corrected chi connectivity index (χ2v) is 9.37. The fourth-order valence-corrected chi connectivity index (χ4v) is 2.06. The fraction of sp³-hybridized carbons (Fsp3) is 0.250. The van der Waals surface area contributed by atoms with Crippen LogP contribution in [-0.4, -0.2) is 14.5 Å². The molecule has 0 aliphatic carbocycles. The first-order valence-corrected chi connectivity index (χ1v) is 8.93. The molecule has 0 saturated carbocycles. The summed E-state index contributed by atoms with van der Waals surface area (Å²) in [5.41, 5.74) is 0.506. The molecule has 0 bridgehead atoms. The minimum atomic E-state index is -1.70. The molecule has 92 valence electrons. The molecule has 0 N–H and O–H groups in total. The summed E-state index contributed by atoms with van der Waals surface area (Å²) in [6.07, 6.45) is 1.45. The molecule has 17 heavy (non-hydrogen) atoms. The van der Waals surface area contributed by atoms with Gasteiger partial charge in [0, 0.05) is 16.8 Å². The lowest BCUT2D eigenvalue weighted by Crippen LogP contribution is -2.24. The number of halogens is 2. The zero-order valence-electron chi connectivity index (χ0n) is 10.1. The zero-order valence-corrected chi connectivity index (χ0v) is 11.9. The van der Waals surface area contributed by atoms with E-state index < -0.39 is 8.32 Å². The number of hydrogen-bond acceptors (Lipinski definition) is 2. The summed E-state index contributed by atoms with van der Waals surface area (Å²) in [5, 5.41) is 0.441. The first-order chi connectivity index (χ1) is 7.78. The third kappa shape index (κ3) is 5.15. The molecule has 0 unspecified atom stereocenters. The maximum atomic E-state index is 13.0. The van der Waals surface area contributed by atoms with Gasteiger partial charge in [-0.05, 0) is 44.4 Å². The highest BCUT2D eigenvalue weighted by molar-refractivity contribution is 6.70.